The Balaban J connectivity index is 1.33. The van der Waals surface area contributed by atoms with Gasteiger partial charge in [-0.25, -0.2) is 0 Å². The maximum absolute atomic E-state index is 12.3. The number of carbonyl (C=O) groups excluding carboxylic acids is 3. The molecular weight excluding hydrogens is 431 g/mol. The van der Waals surface area contributed by atoms with E-state index >= 15 is 0 Å². The Morgan fingerprint density at radius 1 is 0.966 bits per heavy atom. The van der Waals surface area contributed by atoms with E-state index in [1.807, 2.05) is 0 Å². The average Bonchev–Trinajstić information content (AvgIpc) is 2.95. The highest BCUT2D eigenvalue weighted by atomic mass is 35.5. The van der Waals surface area contributed by atoms with Crippen LogP contribution in [0, 0.1) is 0 Å². The molecule has 29 heavy (non-hydrogen) atoms. The van der Waals surface area contributed by atoms with E-state index in [4.69, 9.17) is 23.2 Å². The molecule has 2 aromatic rings. The first-order valence-electron chi connectivity index (χ1n) is 9.21. The predicted molar refractivity (Wildman–Crippen MR) is 117 cm³/mol. The fraction of sp³-hybridized carbons (Fsp3) is 0.286. The topological polar surface area (TPSA) is 66.5 Å². The smallest absolute Gasteiger partial charge is 0.261 e. The van der Waals surface area contributed by atoms with E-state index in [0.717, 1.165) is 11.3 Å². The summed E-state index contributed by atoms with van der Waals surface area (Å²) < 4.78 is 0. The minimum Gasteiger partial charge on any atom is -0.355 e. The summed E-state index contributed by atoms with van der Waals surface area (Å²) in [6.45, 7) is 0.762. The third kappa shape index (κ3) is 5.32. The highest BCUT2D eigenvalue weighted by molar-refractivity contribution is 7.98. The maximum Gasteiger partial charge on any atom is 0.261 e. The van der Waals surface area contributed by atoms with Gasteiger partial charge in [0.2, 0.25) is 5.91 Å². The lowest BCUT2D eigenvalue weighted by Gasteiger charge is -2.13. The summed E-state index contributed by atoms with van der Waals surface area (Å²) in [7, 11) is 0. The van der Waals surface area contributed by atoms with E-state index in [1.165, 1.54) is 4.90 Å². The summed E-state index contributed by atoms with van der Waals surface area (Å²) >= 11 is 13.9. The normalized spacial score (nSPS) is 13.0. The van der Waals surface area contributed by atoms with E-state index in [9.17, 15) is 14.4 Å². The number of fused-ring (bicyclic) bond motifs is 1. The second-order valence-corrected chi connectivity index (χ2v) is 8.43. The Bertz CT molecular complexity index is 881. The predicted octanol–water partition coefficient (Wildman–Crippen LogP) is 4.42. The highest BCUT2D eigenvalue weighted by Gasteiger charge is 2.34. The van der Waals surface area contributed by atoms with Crippen molar-refractivity contribution in [3.8, 4) is 0 Å². The van der Waals surface area contributed by atoms with Crippen molar-refractivity contribution in [3.05, 3.63) is 69.2 Å². The van der Waals surface area contributed by atoms with E-state index in [0.29, 0.717) is 39.9 Å². The molecule has 0 atom stereocenters. The third-order valence-electron chi connectivity index (χ3n) is 4.54. The molecule has 3 rings (SSSR count). The van der Waals surface area contributed by atoms with E-state index < -0.39 is 0 Å². The number of thioether (sulfide) groups is 1. The van der Waals surface area contributed by atoms with Crippen LogP contribution < -0.4 is 5.32 Å². The average molecular weight is 451 g/mol. The second kappa shape index (κ2) is 10.1. The van der Waals surface area contributed by atoms with Crippen LogP contribution in [0.5, 0.6) is 0 Å². The molecule has 0 unspecified atom stereocenters. The monoisotopic (exact) mass is 450 g/mol. The minimum atomic E-state index is -0.291. The van der Waals surface area contributed by atoms with Gasteiger partial charge in [-0.15, -0.1) is 0 Å². The Morgan fingerprint density at radius 3 is 2.21 bits per heavy atom. The zero-order valence-electron chi connectivity index (χ0n) is 15.6. The largest absolute Gasteiger partial charge is 0.355 e. The lowest BCUT2D eigenvalue weighted by atomic mass is 10.1. The molecule has 1 aliphatic heterocycles. The number of hydrogen-bond acceptors (Lipinski definition) is 4. The van der Waals surface area contributed by atoms with Crippen LogP contribution in [0.15, 0.2) is 42.5 Å². The van der Waals surface area contributed by atoms with Crippen molar-refractivity contribution in [3.63, 3.8) is 0 Å². The molecule has 1 heterocycles. The van der Waals surface area contributed by atoms with Crippen LogP contribution in [-0.2, 0) is 10.5 Å². The van der Waals surface area contributed by atoms with Gasteiger partial charge < -0.3 is 5.32 Å². The van der Waals surface area contributed by atoms with Crippen molar-refractivity contribution in [2.24, 2.45) is 0 Å². The van der Waals surface area contributed by atoms with Crippen LogP contribution in [-0.4, -0.2) is 41.5 Å². The quantitative estimate of drug-likeness (QED) is 0.453. The van der Waals surface area contributed by atoms with Crippen molar-refractivity contribution in [2.75, 3.05) is 18.8 Å². The Labute approximate surface area is 183 Å². The fourth-order valence-corrected chi connectivity index (χ4v) is 4.63. The van der Waals surface area contributed by atoms with Crippen LogP contribution >= 0.6 is 35.0 Å². The molecule has 0 aliphatic carbocycles. The van der Waals surface area contributed by atoms with Gasteiger partial charge in [0.25, 0.3) is 11.8 Å². The number of carbonyl (C=O) groups is 3. The van der Waals surface area contributed by atoms with Gasteiger partial charge in [0, 0.05) is 41.1 Å². The van der Waals surface area contributed by atoms with Gasteiger partial charge in [-0.3, -0.25) is 19.3 Å². The number of rotatable bonds is 9. The molecule has 0 saturated heterocycles. The Kier molecular flexibility index (Phi) is 7.58. The van der Waals surface area contributed by atoms with Crippen LogP contribution in [0.3, 0.4) is 0 Å². The first-order valence-corrected chi connectivity index (χ1v) is 11.1. The molecule has 8 heteroatoms. The molecule has 2 aromatic carbocycles. The number of hydrogen-bond donors (Lipinski definition) is 1. The highest BCUT2D eigenvalue weighted by Crippen LogP contribution is 2.28. The molecule has 0 fully saturated rings. The summed E-state index contributed by atoms with van der Waals surface area (Å²) in [6, 6.07) is 12.2. The Morgan fingerprint density at radius 2 is 1.59 bits per heavy atom. The second-order valence-electron chi connectivity index (χ2n) is 6.51. The number of halogens is 2. The van der Waals surface area contributed by atoms with Crippen LogP contribution in [0.1, 0.15) is 39.1 Å². The lowest BCUT2D eigenvalue weighted by Crippen LogP contribution is -2.32. The molecule has 0 bridgehead atoms. The van der Waals surface area contributed by atoms with Gasteiger partial charge in [0.15, 0.2) is 0 Å². The van der Waals surface area contributed by atoms with Crippen LogP contribution in [0.2, 0.25) is 10.0 Å². The first-order chi connectivity index (χ1) is 14.0. The van der Waals surface area contributed by atoms with Crippen molar-refractivity contribution >= 4 is 52.7 Å². The summed E-state index contributed by atoms with van der Waals surface area (Å²) in [5, 5.41) is 4.13. The summed E-state index contributed by atoms with van der Waals surface area (Å²) in [4.78, 5) is 37.7. The van der Waals surface area contributed by atoms with E-state index in [1.54, 1.807) is 54.2 Å². The third-order valence-corrected chi connectivity index (χ3v) is 6.23. The van der Waals surface area contributed by atoms with Gasteiger partial charge in [0.1, 0.15) is 0 Å². The molecule has 5 nitrogen and oxygen atoms in total. The summed E-state index contributed by atoms with van der Waals surface area (Å²) in [5.74, 6) is 0.721. The van der Waals surface area contributed by atoms with Gasteiger partial charge in [0.05, 0.1) is 11.1 Å². The maximum atomic E-state index is 12.3. The van der Waals surface area contributed by atoms with Crippen molar-refractivity contribution in [1.82, 2.24) is 10.2 Å². The molecule has 1 N–H and O–H groups in total. The van der Waals surface area contributed by atoms with Crippen LogP contribution in [0.25, 0.3) is 0 Å². The molecule has 0 spiro atoms. The molecule has 0 aromatic heterocycles. The Hall–Kier alpha value is -2.02. The minimum absolute atomic E-state index is 0.0991. The number of imide groups is 1. The molecule has 0 saturated carbocycles. The molecule has 1 aliphatic rings. The summed E-state index contributed by atoms with van der Waals surface area (Å²) in [5.41, 5.74) is 1.75. The van der Waals surface area contributed by atoms with Gasteiger partial charge in [-0.1, -0.05) is 41.4 Å². The molecule has 0 radical (unpaired) electrons. The fourth-order valence-electron chi connectivity index (χ4n) is 3.04. The first kappa shape index (κ1) is 21.7. The van der Waals surface area contributed by atoms with Crippen molar-refractivity contribution in [1.29, 1.82) is 0 Å². The SMILES string of the molecule is O=C(CCCN1C(=O)c2ccccc2C1=O)NCCSCc1c(Cl)cccc1Cl. The molecule has 3 amide bonds. The number of nitrogens with one attached hydrogen (secondary N) is 1. The molecule has 152 valence electrons. The number of benzene rings is 2. The lowest BCUT2D eigenvalue weighted by molar-refractivity contribution is -0.121. The number of nitrogens with zero attached hydrogens (tertiary/aromatic N) is 1. The zero-order valence-corrected chi connectivity index (χ0v) is 17.9. The van der Waals surface area contributed by atoms with E-state index in [2.05, 4.69) is 5.32 Å². The van der Waals surface area contributed by atoms with E-state index in [-0.39, 0.29) is 30.7 Å². The summed E-state index contributed by atoms with van der Waals surface area (Å²) in [6.07, 6.45) is 0.689. The number of amides is 3. The van der Waals surface area contributed by atoms with Gasteiger partial charge >= 0.3 is 0 Å². The van der Waals surface area contributed by atoms with Crippen molar-refractivity contribution in [2.45, 2.75) is 18.6 Å². The van der Waals surface area contributed by atoms with Gasteiger partial charge in [-0.05, 0) is 36.2 Å². The molecular formula is C21H20Cl2N2O3S. The standard InChI is InChI=1S/C21H20Cl2N2O3S/c22-17-7-3-8-18(23)16(17)13-29-12-10-24-19(26)9-4-11-25-20(27)14-5-1-2-6-15(14)21(25)28/h1-3,5-8H,4,9-13H2,(H,24,26). The van der Waals surface area contributed by atoms with Gasteiger partial charge in [-0.2, -0.15) is 11.8 Å². The zero-order chi connectivity index (χ0) is 20.8. The van der Waals surface area contributed by atoms with Crippen LogP contribution in [0.4, 0.5) is 0 Å². The van der Waals surface area contributed by atoms with Crippen molar-refractivity contribution < 1.29 is 14.4 Å².